The average molecular weight is 340 g/mol. The van der Waals surface area contributed by atoms with E-state index in [9.17, 15) is 0 Å². The van der Waals surface area contributed by atoms with E-state index in [-0.39, 0.29) is 0 Å². The topological polar surface area (TPSA) is 67.7 Å². The zero-order chi connectivity index (χ0) is 17.1. The van der Waals surface area contributed by atoms with Crippen LogP contribution in [-0.4, -0.2) is 39.4 Å². The van der Waals surface area contributed by atoms with Gasteiger partial charge in [-0.15, -0.1) is 0 Å². The van der Waals surface area contributed by atoms with E-state index in [0.29, 0.717) is 5.92 Å². The third kappa shape index (κ3) is 3.84. The van der Waals surface area contributed by atoms with Gasteiger partial charge < -0.3 is 10.6 Å². The van der Waals surface area contributed by atoms with Crippen LogP contribution in [0.15, 0.2) is 12.3 Å². The van der Waals surface area contributed by atoms with Crippen molar-refractivity contribution in [1.29, 1.82) is 0 Å². The Morgan fingerprint density at radius 1 is 1.20 bits per heavy atom. The molecule has 0 amide bonds. The first kappa shape index (κ1) is 16.5. The number of fused-ring (bicyclic) bond motifs is 1. The second kappa shape index (κ2) is 7.52. The number of anilines is 1. The molecule has 0 saturated heterocycles. The van der Waals surface area contributed by atoms with Crippen LogP contribution in [0.3, 0.4) is 0 Å². The molecule has 6 heteroatoms. The Kier molecular flexibility index (Phi) is 4.97. The van der Waals surface area contributed by atoms with E-state index in [1.807, 2.05) is 23.9 Å². The molecule has 0 spiro atoms. The molecule has 134 valence electrons. The van der Waals surface area contributed by atoms with Gasteiger partial charge in [0, 0.05) is 37.2 Å². The molecule has 0 radical (unpaired) electrons. The summed E-state index contributed by atoms with van der Waals surface area (Å²) in [5, 5.41) is 11.5. The molecule has 0 bridgehead atoms. The molecule has 3 heterocycles. The summed E-state index contributed by atoms with van der Waals surface area (Å²) in [7, 11) is 0. The van der Waals surface area contributed by atoms with E-state index in [1.54, 1.807) is 0 Å². The van der Waals surface area contributed by atoms with Gasteiger partial charge in [-0.25, -0.2) is 9.97 Å². The quantitative estimate of drug-likeness (QED) is 0.875. The third-order valence-electron chi connectivity index (χ3n) is 5.33. The maximum Gasteiger partial charge on any atom is 0.134 e. The Hall–Kier alpha value is -1.95. The monoisotopic (exact) mass is 340 g/mol. The molecule has 2 N–H and O–H groups in total. The molecule has 0 unspecified atom stereocenters. The van der Waals surface area contributed by atoms with Crippen LogP contribution in [0.5, 0.6) is 0 Å². The Bertz CT molecular complexity index is 717. The van der Waals surface area contributed by atoms with Gasteiger partial charge in [-0.1, -0.05) is 12.8 Å². The Morgan fingerprint density at radius 3 is 2.84 bits per heavy atom. The van der Waals surface area contributed by atoms with Crippen LogP contribution in [0.1, 0.15) is 54.4 Å². The van der Waals surface area contributed by atoms with Crippen LogP contribution in [0.2, 0.25) is 0 Å². The lowest BCUT2D eigenvalue weighted by Gasteiger charge is -2.17. The zero-order valence-electron chi connectivity index (χ0n) is 15.1. The summed E-state index contributed by atoms with van der Waals surface area (Å²) in [6.07, 6.45) is 9.15. The molecule has 2 aromatic rings. The predicted molar refractivity (Wildman–Crippen MR) is 99.0 cm³/mol. The molecule has 25 heavy (non-hydrogen) atoms. The first-order chi connectivity index (χ1) is 12.3. The van der Waals surface area contributed by atoms with Crippen LogP contribution in [0.25, 0.3) is 0 Å². The zero-order valence-corrected chi connectivity index (χ0v) is 15.1. The maximum absolute atomic E-state index is 4.98. The normalized spacial score (nSPS) is 18.1. The number of nitrogens with one attached hydrogen (secondary N) is 2. The molecular weight excluding hydrogens is 312 g/mol. The molecule has 0 aromatic carbocycles. The fourth-order valence-electron chi connectivity index (χ4n) is 3.95. The van der Waals surface area contributed by atoms with E-state index in [0.717, 1.165) is 56.4 Å². The summed E-state index contributed by atoms with van der Waals surface area (Å²) < 4.78 is 1.99. The number of hydrogen-bond acceptors (Lipinski definition) is 5. The Labute approximate surface area is 149 Å². The minimum absolute atomic E-state index is 0.552. The van der Waals surface area contributed by atoms with Gasteiger partial charge >= 0.3 is 0 Å². The van der Waals surface area contributed by atoms with Crippen LogP contribution >= 0.6 is 0 Å². The van der Waals surface area contributed by atoms with Crippen molar-refractivity contribution < 1.29 is 0 Å². The molecule has 2 aromatic heterocycles. The molecule has 1 fully saturated rings. The standard InChI is InChI=1S/C19H28N6/c1-14-8-12-25(24-14)13-11-21-19-16-6-9-20-10-7-17(16)22-18(23-19)15-4-2-3-5-15/h8,12,15,20H,2-7,9-11,13H2,1H3,(H,21,22,23). The van der Waals surface area contributed by atoms with Crippen LogP contribution in [0.4, 0.5) is 5.82 Å². The number of rotatable bonds is 5. The van der Waals surface area contributed by atoms with Gasteiger partial charge in [-0.2, -0.15) is 5.10 Å². The lowest BCUT2D eigenvalue weighted by molar-refractivity contribution is 0.628. The highest BCUT2D eigenvalue weighted by molar-refractivity contribution is 5.48. The van der Waals surface area contributed by atoms with Crippen LogP contribution in [0, 0.1) is 6.92 Å². The maximum atomic E-state index is 4.98. The van der Waals surface area contributed by atoms with Crippen molar-refractivity contribution in [3.63, 3.8) is 0 Å². The third-order valence-corrected chi connectivity index (χ3v) is 5.33. The molecular formula is C19H28N6. The summed E-state index contributed by atoms with van der Waals surface area (Å²) in [5.74, 6) is 2.67. The number of nitrogens with zero attached hydrogens (tertiary/aromatic N) is 4. The van der Waals surface area contributed by atoms with E-state index in [1.165, 1.54) is 36.9 Å². The summed E-state index contributed by atoms with van der Waals surface area (Å²) in [4.78, 5) is 9.94. The van der Waals surface area contributed by atoms with Crippen molar-refractivity contribution in [2.45, 2.75) is 57.9 Å². The minimum Gasteiger partial charge on any atom is -0.368 e. The summed E-state index contributed by atoms with van der Waals surface area (Å²) in [5.41, 5.74) is 3.62. The highest BCUT2D eigenvalue weighted by Crippen LogP contribution is 2.33. The largest absolute Gasteiger partial charge is 0.368 e. The van der Waals surface area contributed by atoms with Gasteiger partial charge in [-0.05, 0) is 38.8 Å². The highest BCUT2D eigenvalue weighted by atomic mass is 15.3. The second-order valence-corrected chi connectivity index (χ2v) is 7.23. The Morgan fingerprint density at radius 2 is 2.04 bits per heavy atom. The van der Waals surface area contributed by atoms with Crippen molar-refractivity contribution in [3.8, 4) is 0 Å². The van der Waals surface area contributed by atoms with E-state index < -0.39 is 0 Å². The fourth-order valence-corrected chi connectivity index (χ4v) is 3.95. The summed E-state index contributed by atoms with van der Waals surface area (Å²) >= 11 is 0. The van der Waals surface area contributed by atoms with Crippen LogP contribution < -0.4 is 10.6 Å². The number of aromatic nitrogens is 4. The van der Waals surface area contributed by atoms with Crippen LogP contribution in [-0.2, 0) is 19.4 Å². The number of aryl methyl sites for hydroxylation is 1. The van der Waals surface area contributed by atoms with E-state index in [4.69, 9.17) is 9.97 Å². The first-order valence-corrected chi connectivity index (χ1v) is 9.64. The van der Waals surface area contributed by atoms with Crippen molar-refractivity contribution in [1.82, 2.24) is 25.1 Å². The molecule has 1 aliphatic carbocycles. The smallest absolute Gasteiger partial charge is 0.134 e. The molecule has 1 saturated carbocycles. The Balaban J connectivity index is 1.54. The SMILES string of the molecule is Cc1ccn(CCNc2nc(C3CCCC3)nc3c2CCNCC3)n1. The molecule has 6 nitrogen and oxygen atoms in total. The fraction of sp³-hybridized carbons (Fsp3) is 0.632. The second-order valence-electron chi connectivity index (χ2n) is 7.23. The van der Waals surface area contributed by atoms with E-state index >= 15 is 0 Å². The van der Waals surface area contributed by atoms with E-state index in [2.05, 4.69) is 15.7 Å². The summed E-state index contributed by atoms with van der Waals surface area (Å²) in [6.45, 7) is 5.73. The number of hydrogen-bond donors (Lipinski definition) is 2. The summed E-state index contributed by atoms with van der Waals surface area (Å²) in [6, 6.07) is 2.04. The molecule has 4 rings (SSSR count). The molecule has 1 aliphatic heterocycles. The van der Waals surface area contributed by atoms with Crippen molar-refractivity contribution >= 4 is 5.82 Å². The molecule has 2 aliphatic rings. The minimum atomic E-state index is 0.552. The van der Waals surface area contributed by atoms with Gasteiger partial charge in [0.2, 0.25) is 0 Å². The van der Waals surface area contributed by atoms with Gasteiger partial charge in [0.25, 0.3) is 0 Å². The first-order valence-electron chi connectivity index (χ1n) is 9.64. The van der Waals surface area contributed by atoms with Crippen molar-refractivity contribution in [2.24, 2.45) is 0 Å². The van der Waals surface area contributed by atoms with Gasteiger partial charge in [0.1, 0.15) is 11.6 Å². The lowest BCUT2D eigenvalue weighted by Crippen LogP contribution is -2.17. The average Bonchev–Trinajstić information content (AvgIpc) is 3.22. The predicted octanol–water partition coefficient (Wildman–Crippen LogP) is 2.44. The van der Waals surface area contributed by atoms with Gasteiger partial charge in [0.15, 0.2) is 0 Å². The highest BCUT2D eigenvalue weighted by Gasteiger charge is 2.23. The lowest BCUT2D eigenvalue weighted by atomic mass is 10.0. The van der Waals surface area contributed by atoms with Gasteiger partial charge in [0.05, 0.1) is 17.9 Å². The van der Waals surface area contributed by atoms with Gasteiger partial charge in [-0.3, -0.25) is 4.68 Å². The molecule has 0 atom stereocenters. The van der Waals surface area contributed by atoms with Crippen molar-refractivity contribution in [2.75, 3.05) is 25.0 Å². The van der Waals surface area contributed by atoms with Crippen molar-refractivity contribution in [3.05, 3.63) is 35.0 Å².